The first kappa shape index (κ1) is 24.8. The van der Waals surface area contributed by atoms with Gasteiger partial charge in [-0.25, -0.2) is 4.68 Å². The monoisotopic (exact) mass is 472 g/mol. The molecule has 2 aromatic carbocycles. The summed E-state index contributed by atoms with van der Waals surface area (Å²) in [6.45, 7) is 13.9. The number of aryl methyl sites for hydroxylation is 2. The Labute approximate surface area is 207 Å². The van der Waals surface area contributed by atoms with Gasteiger partial charge in [0, 0.05) is 24.2 Å². The van der Waals surface area contributed by atoms with Crippen molar-refractivity contribution in [1.29, 1.82) is 0 Å². The molecule has 1 atom stereocenters. The minimum Gasteiger partial charge on any atom is -0.322 e. The number of nitrogens with zero attached hydrogens (tertiary/aromatic N) is 5. The van der Waals surface area contributed by atoms with E-state index in [-0.39, 0.29) is 17.1 Å². The maximum absolute atomic E-state index is 13.1. The molecule has 1 N–H and O–H groups in total. The lowest BCUT2D eigenvalue weighted by Crippen LogP contribution is -2.36. The Morgan fingerprint density at radius 3 is 2.54 bits per heavy atom. The maximum Gasteiger partial charge on any atom is 0.252 e. The molecule has 0 saturated carbocycles. The van der Waals surface area contributed by atoms with Crippen molar-refractivity contribution in [3.63, 3.8) is 0 Å². The molecule has 0 saturated heterocycles. The van der Waals surface area contributed by atoms with Crippen molar-refractivity contribution in [1.82, 2.24) is 30.1 Å². The third-order valence-corrected chi connectivity index (χ3v) is 6.47. The highest BCUT2D eigenvalue weighted by molar-refractivity contribution is 5.79. The van der Waals surface area contributed by atoms with E-state index in [1.165, 1.54) is 16.7 Å². The zero-order valence-electron chi connectivity index (χ0n) is 21.7. The molecule has 0 spiro atoms. The maximum atomic E-state index is 13.1. The fourth-order valence-corrected chi connectivity index (χ4v) is 4.68. The molecule has 184 valence electrons. The Morgan fingerprint density at radius 1 is 1.06 bits per heavy atom. The highest BCUT2D eigenvalue weighted by Crippen LogP contribution is 2.28. The van der Waals surface area contributed by atoms with Crippen molar-refractivity contribution in [2.24, 2.45) is 0 Å². The van der Waals surface area contributed by atoms with E-state index in [4.69, 9.17) is 0 Å². The number of aromatic amines is 1. The topological polar surface area (TPSA) is 79.7 Å². The van der Waals surface area contributed by atoms with E-state index in [2.05, 4.69) is 97.3 Å². The highest BCUT2D eigenvalue weighted by atomic mass is 16.1. The van der Waals surface area contributed by atoms with Gasteiger partial charge in [0.1, 0.15) is 0 Å². The number of aromatic nitrogens is 5. The lowest BCUT2D eigenvalue weighted by molar-refractivity contribution is 0.163. The third kappa shape index (κ3) is 5.68. The smallest absolute Gasteiger partial charge is 0.252 e. The van der Waals surface area contributed by atoms with Crippen LogP contribution in [0.3, 0.4) is 0 Å². The van der Waals surface area contributed by atoms with E-state index in [1.54, 1.807) is 0 Å². The molecule has 35 heavy (non-hydrogen) atoms. The lowest BCUT2D eigenvalue weighted by Gasteiger charge is -2.32. The molecule has 0 unspecified atom stereocenters. The number of fused-ring (bicyclic) bond motifs is 1. The summed E-state index contributed by atoms with van der Waals surface area (Å²) in [5.74, 6) is 0.831. The summed E-state index contributed by atoms with van der Waals surface area (Å²) in [6, 6.07) is 16.7. The molecule has 7 nitrogen and oxygen atoms in total. The molecule has 0 aliphatic carbocycles. The van der Waals surface area contributed by atoms with Gasteiger partial charge in [-0.2, -0.15) is 0 Å². The molecule has 2 aromatic heterocycles. The molecule has 2 heterocycles. The Hall–Kier alpha value is -3.32. The lowest BCUT2D eigenvalue weighted by atomic mass is 10.0. The predicted octanol–water partition coefficient (Wildman–Crippen LogP) is 5.08. The second kappa shape index (κ2) is 10.1. The number of pyridine rings is 1. The van der Waals surface area contributed by atoms with E-state index in [0.29, 0.717) is 6.54 Å². The van der Waals surface area contributed by atoms with E-state index in [1.807, 2.05) is 22.9 Å². The summed E-state index contributed by atoms with van der Waals surface area (Å²) in [5.41, 5.74) is 5.02. The summed E-state index contributed by atoms with van der Waals surface area (Å²) in [5, 5.41) is 13.8. The van der Waals surface area contributed by atoms with Crippen molar-refractivity contribution in [3.05, 3.63) is 87.0 Å². The number of nitrogens with one attached hydrogen (secondary N) is 1. The average molecular weight is 473 g/mol. The van der Waals surface area contributed by atoms with Gasteiger partial charge >= 0.3 is 0 Å². The van der Waals surface area contributed by atoms with E-state index >= 15 is 0 Å². The van der Waals surface area contributed by atoms with Crippen molar-refractivity contribution in [2.75, 3.05) is 6.54 Å². The summed E-state index contributed by atoms with van der Waals surface area (Å²) >= 11 is 0. The summed E-state index contributed by atoms with van der Waals surface area (Å²) in [4.78, 5) is 18.5. The van der Waals surface area contributed by atoms with Crippen LogP contribution in [0.5, 0.6) is 0 Å². The molecule has 0 amide bonds. The average Bonchev–Trinajstić information content (AvgIpc) is 3.29. The van der Waals surface area contributed by atoms with Gasteiger partial charge in [-0.05, 0) is 87.0 Å². The standard InChI is InChI=1S/C28H36N6O/c1-7-25(26-30-31-32-34(26)28(4,5)6)33(14-13-21-10-8-9-19(2)15-21)18-23-17-22-16-20(3)11-12-24(22)29-27(23)35/h8-12,15-17,25H,7,13-14,18H2,1-6H3,(H,29,35)/t25-/m1/s1. The van der Waals surface area contributed by atoms with E-state index < -0.39 is 0 Å². The van der Waals surface area contributed by atoms with Crippen LogP contribution in [0.2, 0.25) is 0 Å². The zero-order valence-corrected chi connectivity index (χ0v) is 21.7. The van der Waals surface area contributed by atoms with Crippen LogP contribution >= 0.6 is 0 Å². The number of rotatable bonds is 8. The van der Waals surface area contributed by atoms with Gasteiger partial charge in [-0.3, -0.25) is 9.69 Å². The predicted molar refractivity (Wildman–Crippen MR) is 140 cm³/mol. The summed E-state index contributed by atoms with van der Waals surface area (Å²) < 4.78 is 1.91. The highest BCUT2D eigenvalue weighted by Gasteiger charge is 2.29. The fourth-order valence-electron chi connectivity index (χ4n) is 4.68. The zero-order chi connectivity index (χ0) is 25.2. The van der Waals surface area contributed by atoms with Gasteiger partial charge in [0.05, 0.1) is 11.6 Å². The minimum atomic E-state index is -0.244. The summed E-state index contributed by atoms with van der Waals surface area (Å²) in [6.07, 6.45) is 1.70. The van der Waals surface area contributed by atoms with E-state index in [9.17, 15) is 4.79 Å². The fraction of sp³-hybridized carbons (Fsp3) is 0.429. The molecule has 0 bridgehead atoms. The SMILES string of the molecule is CC[C@H](c1nnnn1C(C)(C)C)N(CCc1cccc(C)c1)Cc1cc2cc(C)ccc2[nH]c1=O. The number of hydrogen-bond acceptors (Lipinski definition) is 5. The van der Waals surface area contributed by atoms with Crippen LogP contribution in [-0.2, 0) is 18.5 Å². The Balaban J connectivity index is 1.72. The second-order valence-corrected chi connectivity index (χ2v) is 10.5. The van der Waals surface area contributed by atoms with Crippen molar-refractivity contribution in [3.8, 4) is 0 Å². The van der Waals surface area contributed by atoms with Crippen LogP contribution in [0.15, 0.2) is 53.3 Å². The normalized spacial score (nSPS) is 13.0. The van der Waals surface area contributed by atoms with Crippen molar-refractivity contribution >= 4 is 10.9 Å². The van der Waals surface area contributed by atoms with Gasteiger partial charge in [0.25, 0.3) is 5.56 Å². The Morgan fingerprint density at radius 2 is 1.83 bits per heavy atom. The molecular formula is C28H36N6O. The van der Waals surface area contributed by atoms with Crippen LogP contribution in [0.25, 0.3) is 10.9 Å². The number of H-pyrrole nitrogens is 1. The quantitative estimate of drug-likeness (QED) is 0.387. The van der Waals surface area contributed by atoms with Crippen LogP contribution in [0.1, 0.15) is 68.2 Å². The van der Waals surface area contributed by atoms with Gasteiger partial charge < -0.3 is 4.98 Å². The van der Waals surface area contributed by atoms with Gasteiger partial charge in [0.2, 0.25) is 0 Å². The molecule has 7 heteroatoms. The largest absolute Gasteiger partial charge is 0.322 e. The first-order valence-corrected chi connectivity index (χ1v) is 12.4. The number of tetrazole rings is 1. The molecule has 4 aromatic rings. The van der Waals surface area contributed by atoms with E-state index in [0.717, 1.165) is 41.7 Å². The Kier molecular flexibility index (Phi) is 7.17. The summed E-state index contributed by atoms with van der Waals surface area (Å²) in [7, 11) is 0. The van der Waals surface area contributed by atoms with Crippen molar-refractivity contribution in [2.45, 2.75) is 72.5 Å². The molecule has 4 rings (SSSR count). The molecule has 0 aliphatic rings. The van der Waals surface area contributed by atoms with Crippen LogP contribution in [0.4, 0.5) is 0 Å². The Bertz CT molecular complexity index is 1360. The minimum absolute atomic E-state index is 0.0263. The first-order chi connectivity index (χ1) is 16.7. The van der Waals surface area contributed by atoms with Gasteiger partial charge in [-0.15, -0.1) is 5.10 Å². The van der Waals surface area contributed by atoms with Crippen LogP contribution in [0, 0.1) is 13.8 Å². The van der Waals surface area contributed by atoms with Crippen LogP contribution in [-0.4, -0.2) is 36.6 Å². The van der Waals surface area contributed by atoms with Crippen LogP contribution < -0.4 is 5.56 Å². The van der Waals surface area contributed by atoms with Gasteiger partial charge in [0.15, 0.2) is 5.82 Å². The number of hydrogen-bond donors (Lipinski definition) is 1. The molecule has 0 aliphatic heterocycles. The first-order valence-electron chi connectivity index (χ1n) is 12.4. The molecule has 0 fully saturated rings. The third-order valence-electron chi connectivity index (χ3n) is 6.47. The number of benzene rings is 2. The van der Waals surface area contributed by atoms with Gasteiger partial charge in [-0.1, -0.05) is 48.4 Å². The molecule has 0 radical (unpaired) electrons. The molecular weight excluding hydrogens is 436 g/mol. The second-order valence-electron chi connectivity index (χ2n) is 10.5. The van der Waals surface area contributed by atoms with Crippen molar-refractivity contribution < 1.29 is 0 Å².